The van der Waals surface area contributed by atoms with E-state index >= 15 is 0 Å². The zero-order valence-electron chi connectivity index (χ0n) is 13.4. The minimum absolute atomic E-state index is 0.392. The fourth-order valence-corrected chi connectivity index (χ4v) is 2.26. The van der Waals surface area contributed by atoms with Gasteiger partial charge in [0.15, 0.2) is 0 Å². The molecule has 0 amide bonds. The number of rotatable bonds is 8. The zero-order valence-corrected chi connectivity index (χ0v) is 13.4. The van der Waals surface area contributed by atoms with E-state index in [1.807, 2.05) is 12.1 Å². The fraction of sp³-hybridized carbons (Fsp3) is 0.562. The van der Waals surface area contributed by atoms with Crippen LogP contribution in [0.3, 0.4) is 0 Å². The van der Waals surface area contributed by atoms with Crippen LogP contribution in [0.5, 0.6) is 5.75 Å². The average molecular weight is 294 g/mol. The van der Waals surface area contributed by atoms with Crippen LogP contribution in [0.2, 0.25) is 0 Å². The molecule has 1 aromatic rings. The van der Waals surface area contributed by atoms with Gasteiger partial charge in [0.1, 0.15) is 11.8 Å². The van der Waals surface area contributed by atoms with Crippen molar-refractivity contribution >= 4 is 5.97 Å². The van der Waals surface area contributed by atoms with Gasteiger partial charge in [-0.3, -0.25) is 9.69 Å². The molecule has 0 radical (unpaired) electrons. The van der Waals surface area contributed by atoms with Crippen molar-refractivity contribution < 1.29 is 14.3 Å². The Kier molecular flexibility index (Phi) is 7.19. The monoisotopic (exact) mass is 294 g/mol. The number of ether oxygens (including phenoxy) is 2. The molecule has 1 rings (SSSR count). The summed E-state index contributed by atoms with van der Waals surface area (Å²) in [6.07, 6.45) is 0.460. The molecule has 0 saturated heterocycles. The molecular weight excluding hydrogens is 268 g/mol. The van der Waals surface area contributed by atoms with Crippen molar-refractivity contribution in [3.63, 3.8) is 0 Å². The van der Waals surface area contributed by atoms with Crippen LogP contribution in [0, 0.1) is 0 Å². The molecule has 21 heavy (non-hydrogen) atoms. The topological polar surface area (TPSA) is 64.8 Å². The Morgan fingerprint density at radius 3 is 2.48 bits per heavy atom. The maximum absolute atomic E-state index is 11.4. The van der Waals surface area contributed by atoms with Crippen LogP contribution in [-0.2, 0) is 22.5 Å². The summed E-state index contributed by atoms with van der Waals surface area (Å²) in [5.41, 5.74) is 7.94. The molecule has 0 aliphatic carbocycles. The molecule has 2 N–H and O–H groups in total. The van der Waals surface area contributed by atoms with E-state index < -0.39 is 12.0 Å². The summed E-state index contributed by atoms with van der Waals surface area (Å²) in [6.45, 7) is 7.04. The van der Waals surface area contributed by atoms with Crippen molar-refractivity contribution in [3.8, 4) is 5.75 Å². The second kappa shape index (κ2) is 8.64. The first-order valence-corrected chi connectivity index (χ1v) is 7.27. The second-order valence-corrected chi connectivity index (χ2v) is 4.94. The first-order chi connectivity index (χ1) is 10.0. The highest BCUT2D eigenvalue weighted by molar-refractivity contribution is 5.75. The maximum Gasteiger partial charge on any atom is 0.322 e. The Hall–Kier alpha value is -1.59. The first kappa shape index (κ1) is 17.5. The van der Waals surface area contributed by atoms with Gasteiger partial charge in [0, 0.05) is 12.1 Å². The first-order valence-electron chi connectivity index (χ1n) is 7.27. The minimum atomic E-state index is -0.635. The number of hydrogen-bond donors (Lipinski definition) is 1. The normalized spacial score (nSPS) is 12.3. The van der Waals surface area contributed by atoms with E-state index in [2.05, 4.69) is 29.6 Å². The number of nitrogens with zero attached hydrogens (tertiary/aromatic N) is 1. The number of esters is 1. The lowest BCUT2D eigenvalue weighted by Gasteiger charge is -2.20. The number of benzene rings is 1. The molecule has 118 valence electrons. The van der Waals surface area contributed by atoms with Gasteiger partial charge < -0.3 is 15.2 Å². The van der Waals surface area contributed by atoms with Gasteiger partial charge in [0.25, 0.3) is 0 Å². The molecule has 1 atom stereocenters. The van der Waals surface area contributed by atoms with Crippen molar-refractivity contribution in [2.45, 2.75) is 32.9 Å². The van der Waals surface area contributed by atoms with Crippen LogP contribution in [0.25, 0.3) is 0 Å². The van der Waals surface area contributed by atoms with Crippen LogP contribution >= 0.6 is 0 Å². The fourth-order valence-electron chi connectivity index (χ4n) is 2.26. The van der Waals surface area contributed by atoms with Crippen molar-refractivity contribution in [1.29, 1.82) is 0 Å². The molecule has 0 saturated carbocycles. The van der Waals surface area contributed by atoms with Crippen LogP contribution in [0.4, 0.5) is 0 Å². The lowest BCUT2D eigenvalue weighted by atomic mass is 10.0. The quantitative estimate of drug-likeness (QED) is 0.737. The third-order valence-corrected chi connectivity index (χ3v) is 3.59. The third-order valence-electron chi connectivity index (χ3n) is 3.59. The largest absolute Gasteiger partial charge is 0.496 e. The lowest BCUT2D eigenvalue weighted by molar-refractivity contribution is -0.142. The molecule has 5 nitrogen and oxygen atoms in total. The number of hydrogen-bond acceptors (Lipinski definition) is 5. The molecule has 0 heterocycles. The van der Waals surface area contributed by atoms with Crippen LogP contribution in [0.15, 0.2) is 18.2 Å². The van der Waals surface area contributed by atoms with Crippen molar-refractivity contribution in [3.05, 3.63) is 29.3 Å². The van der Waals surface area contributed by atoms with Gasteiger partial charge in [-0.25, -0.2) is 0 Å². The Balaban J connectivity index is 2.91. The molecule has 1 unspecified atom stereocenters. The summed E-state index contributed by atoms with van der Waals surface area (Å²) in [4.78, 5) is 13.7. The highest BCUT2D eigenvalue weighted by Gasteiger charge is 2.16. The predicted octanol–water partition coefficient (Wildman–Crippen LogP) is 1.58. The Morgan fingerprint density at radius 2 is 1.95 bits per heavy atom. The maximum atomic E-state index is 11.4. The summed E-state index contributed by atoms with van der Waals surface area (Å²) < 4.78 is 10.1. The van der Waals surface area contributed by atoms with Gasteiger partial charge in [-0.1, -0.05) is 26.0 Å². The Labute approximate surface area is 127 Å². The number of carbonyl (C=O) groups excluding carboxylic acids is 1. The minimum Gasteiger partial charge on any atom is -0.496 e. The lowest BCUT2D eigenvalue weighted by Crippen LogP contribution is -2.33. The Bertz CT molecular complexity index is 459. The van der Waals surface area contributed by atoms with Gasteiger partial charge in [-0.05, 0) is 31.1 Å². The van der Waals surface area contributed by atoms with Crippen LogP contribution in [0.1, 0.15) is 25.0 Å². The summed E-state index contributed by atoms with van der Waals surface area (Å²) in [7, 11) is 3.02. The van der Waals surface area contributed by atoms with Gasteiger partial charge in [0.05, 0.1) is 14.2 Å². The predicted molar refractivity (Wildman–Crippen MR) is 83.3 cm³/mol. The molecular formula is C16H26N2O3. The van der Waals surface area contributed by atoms with E-state index in [-0.39, 0.29) is 0 Å². The van der Waals surface area contributed by atoms with Gasteiger partial charge in [-0.2, -0.15) is 0 Å². The standard InChI is InChI=1S/C16H26N2O3/c1-5-18(6-2)11-13-9-12(7-8-15(13)20-3)10-14(17)16(19)21-4/h7-9,14H,5-6,10-11,17H2,1-4H3. The number of methoxy groups -OCH3 is 2. The van der Waals surface area contributed by atoms with Gasteiger partial charge >= 0.3 is 5.97 Å². The van der Waals surface area contributed by atoms with E-state index in [9.17, 15) is 4.79 Å². The summed E-state index contributed by atoms with van der Waals surface area (Å²) >= 11 is 0. The van der Waals surface area contributed by atoms with E-state index in [4.69, 9.17) is 10.5 Å². The van der Waals surface area contributed by atoms with Crippen molar-refractivity contribution in [2.75, 3.05) is 27.3 Å². The number of nitrogens with two attached hydrogens (primary N) is 1. The van der Waals surface area contributed by atoms with Crippen LogP contribution < -0.4 is 10.5 Å². The SMILES string of the molecule is CCN(CC)Cc1cc(CC(N)C(=O)OC)ccc1OC. The molecule has 1 aromatic carbocycles. The number of carbonyl (C=O) groups is 1. The van der Waals surface area contributed by atoms with Gasteiger partial charge in [-0.15, -0.1) is 0 Å². The van der Waals surface area contributed by atoms with E-state index in [0.717, 1.165) is 36.5 Å². The zero-order chi connectivity index (χ0) is 15.8. The molecule has 0 aromatic heterocycles. The van der Waals surface area contributed by atoms with E-state index in [0.29, 0.717) is 6.42 Å². The smallest absolute Gasteiger partial charge is 0.322 e. The molecule has 0 spiro atoms. The summed E-state index contributed by atoms with van der Waals surface area (Å²) in [5, 5.41) is 0. The van der Waals surface area contributed by atoms with E-state index in [1.54, 1.807) is 7.11 Å². The highest BCUT2D eigenvalue weighted by Crippen LogP contribution is 2.22. The molecule has 5 heteroatoms. The third kappa shape index (κ3) is 5.02. The second-order valence-electron chi connectivity index (χ2n) is 4.94. The molecule has 0 fully saturated rings. The van der Waals surface area contributed by atoms with E-state index in [1.165, 1.54) is 7.11 Å². The highest BCUT2D eigenvalue weighted by atomic mass is 16.5. The van der Waals surface area contributed by atoms with Gasteiger partial charge in [0.2, 0.25) is 0 Å². The Morgan fingerprint density at radius 1 is 1.29 bits per heavy atom. The molecule has 0 aliphatic rings. The van der Waals surface area contributed by atoms with Crippen molar-refractivity contribution in [1.82, 2.24) is 4.90 Å². The molecule has 0 bridgehead atoms. The summed E-state index contributed by atoms with van der Waals surface area (Å²) in [5.74, 6) is 0.466. The molecule has 0 aliphatic heterocycles. The summed E-state index contributed by atoms with van der Waals surface area (Å²) in [6, 6.07) is 5.29. The van der Waals surface area contributed by atoms with Crippen molar-refractivity contribution in [2.24, 2.45) is 5.73 Å². The average Bonchev–Trinajstić information content (AvgIpc) is 2.51. The van der Waals surface area contributed by atoms with Crippen LogP contribution in [-0.4, -0.2) is 44.2 Å².